The van der Waals surface area contributed by atoms with Crippen molar-refractivity contribution in [3.05, 3.63) is 16.5 Å². The van der Waals surface area contributed by atoms with Crippen LogP contribution in [0.3, 0.4) is 0 Å². The largest absolute Gasteiger partial charge is 0.265 e. The van der Waals surface area contributed by atoms with Gasteiger partial charge in [-0.15, -0.1) is 10.2 Å². The van der Waals surface area contributed by atoms with Crippen LogP contribution in [-0.4, -0.2) is 26.6 Å². The van der Waals surface area contributed by atoms with E-state index in [1.165, 1.54) is 6.08 Å². The predicted molar refractivity (Wildman–Crippen MR) is 35.2 cm³/mol. The first-order valence-corrected chi connectivity index (χ1v) is 3.03. The average molecular weight is 162 g/mol. The first-order chi connectivity index (χ1) is 5.90. The molecule has 0 fully saturated rings. The van der Waals surface area contributed by atoms with Gasteiger partial charge in [-0.2, -0.15) is 5.10 Å². The fraction of sp³-hybridized carbons (Fsp3) is 0. The van der Waals surface area contributed by atoms with Crippen molar-refractivity contribution in [2.45, 2.75) is 0 Å². The molecule has 1 aliphatic heterocycles. The zero-order valence-electron chi connectivity index (χ0n) is 5.72. The van der Waals surface area contributed by atoms with Crippen LogP contribution in [-0.2, 0) is 4.79 Å². The van der Waals surface area contributed by atoms with Gasteiger partial charge in [0.15, 0.2) is 5.94 Å². The summed E-state index contributed by atoms with van der Waals surface area (Å²) in [6, 6.07) is 0. The molecule has 1 aromatic heterocycles. The van der Waals surface area contributed by atoms with E-state index in [0.717, 1.165) is 0 Å². The Hall–Kier alpha value is -2.14. The molecular formula is C5H2N6O. The standard InChI is InChI=1S/C5H2N6O/c12-2-3-1-4-5(8-6-3)9-11-10-7-4/h1,6H. The minimum absolute atomic E-state index is 0.199. The molecule has 1 N–H and O–H groups in total. The molecule has 2 rings (SSSR count). The van der Waals surface area contributed by atoms with Crippen molar-refractivity contribution < 1.29 is 4.79 Å². The third kappa shape index (κ3) is 0.938. The van der Waals surface area contributed by atoms with Crippen LogP contribution in [0, 0.1) is 0 Å². The van der Waals surface area contributed by atoms with Gasteiger partial charge in [0.1, 0.15) is 11.0 Å². The average Bonchev–Trinajstić information content (AvgIpc) is 2.17. The SMILES string of the molecule is O=C=C1C=c2nnnnc2=NN1. The maximum Gasteiger partial charge on any atom is 0.223 e. The van der Waals surface area contributed by atoms with Gasteiger partial charge < -0.3 is 0 Å². The van der Waals surface area contributed by atoms with Crippen LogP contribution in [0.25, 0.3) is 6.08 Å². The van der Waals surface area contributed by atoms with Gasteiger partial charge in [0, 0.05) is 6.08 Å². The van der Waals surface area contributed by atoms with E-state index in [-0.39, 0.29) is 5.70 Å². The van der Waals surface area contributed by atoms with Crippen molar-refractivity contribution in [3.8, 4) is 0 Å². The summed E-state index contributed by atoms with van der Waals surface area (Å²) in [5, 5.41) is 17.8. The van der Waals surface area contributed by atoms with Gasteiger partial charge in [-0.1, -0.05) is 0 Å². The van der Waals surface area contributed by atoms with Crippen LogP contribution >= 0.6 is 0 Å². The summed E-state index contributed by atoms with van der Waals surface area (Å²) in [4.78, 5) is 10.2. The number of hydrogen-bond acceptors (Lipinski definition) is 7. The van der Waals surface area contributed by atoms with Crippen molar-refractivity contribution in [3.63, 3.8) is 0 Å². The molecule has 58 valence electrons. The third-order valence-corrected chi connectivity index (χ3v) is 1.23. The molecule has 0 bridgehead atoms. The highest BCUT2D eigenvalue weighted by molar-refractivity contribution is 5.66. The van der Waals surface area contributed by atoms with Crippen LogP contribution in [0.15, 0.2) is 10.8 Å². The molecule has 1 aliphatic rings. The Labute approximate surface area is 65.5 Å². The van der Waals surface area contributed by atoms with E-state index in [2.05, 4.69) is 31.2 Å². The molecule has 0 saturated heterocycles. The number of allylic oxidation sites excluding steroid dienone is 1. The second-order valence-electron chi connectivity index (χ2n) is 1.97. The van der Waals surface area contributed by atoms with Crippen LogP contribution in [0.5, 0.6) is 0 Å². The highest BCUT2D eigenvalue weighted by Gasteiger charge is 2.00. The first kappa shape index (κ1) is 6.56. The lowest BCUT2D eigenvalue weighted by molar-refractivity contribution is 0.565. The lowest BCUT2D eigenvalue weighted by atomic mass is 10.4. The number of nitrogens with one attached hydrogen (secondary N) is 1. The fourth-order valence-corrected chi connectivity index (χ4v) is 0.734. The molecule has 1 aromatic rings. The third-order valence-electron chi connectivity index (χ3n) is 1.23. The van der Waals surface area contributed by atoms with Crippen molar-refractivity contribution in [1.82, 2.24) is 26.0 Å². The molecule has 0 aromatic carbocycles. The molecular weight excluding hydrogens is 160 g/mol. The number of aromatic nitrogens is 4. The van der Waals surface area contributed by atoms with E-state index >= 15 is 0 Å². The topological polar surface area (TPSA) is 93.0 Å². The van der Waals surface area contributed by atoms with Crippen LogP contribution < -0.4 is 16.3 Å². The molecule has 0 spiro atoms. The molecule has 0 amide bonds. The maximum absolute atomic E-state index is 10.2. The number of hydrogen-bond donors (Lipinski definition) is 1. The van der Waals surface area contributed by atoms with Crippen LogP contribution in [0.1, 0.15) is 0 Å². The Morgan fingerprint density at radius 3 is 3.00 bits per heavy atom. The Morgan fingerprint density at radius 2 is 2.17 bits per heavy atom. The Balaban J connectivity index is 2.80. The number of carbonyl (C=O) groups excluding carboxylic acids is 1. The Bertz CT molecular complexity index is 473. The molecule has 0 saturated carbocycles. The quantitative estimate of drug-likeness (QED) is 0.406. The minimum atomic E-state index is 0.199. The van der Waals surface area contributed by atoms with Gasteiger partial charge in [0.05, 0.1) is 0 Å². The molecule has 0 aliphatic carbocycles. The van der Waals surface area contributed by atoms with E-state index in [4.69, 9.17) is 0 Å². The molecule has 0 atom stereocenters. The Morgan fingerprint density at radius 1 is 1.33 bits per heavy atom. The molecule has 7 heteroatoms. The second kappa shape index (κ2) is 2.48. The van der Waals surface area contributed by atoms with Gasteiger partial charge in [-0.3, -0.25) is 5.43 Å². The van der Waals surface area contributed by atoms with E-state index in [0.29, 0.717) is 10.8 Å². The number of nitrogens with zero attached hydrogens (tertiary/aromatic N) is 5. The number of fused-ring (bicyclic) bond motifs is 1. The maximum atomic E-state index is 10.2. The van der Waals surface area contributed by atoms with Crippen LogP contribution in [0.2, 0.25) is 0 Å². The van der Waals surface area contributed by atoms with Gasteiger partial charge >= 0.3 is 0 Å². The van der Waals surface area contributed by atoms with Gasteiger partial charge in [0.25, 0.3) is 0 Å². The second-order valence-corrected chi connectivity index (χ2v) is 1.97. The van der Waals surface area contributed by atoms with E-state index in [9.17, 15) is 4.79 Å². The fourth-order valence-electron chi connectivity index (χ4n) is 0.734. The molecule has 0 radical (unpaired) electrons. The highest BCUT2D eigenvalue weighted by Crippen LogP contribution is 1.82. The van der Waals surface area contributed by atoms with E-state index in [1.807, 2.05) is 0 Å². The highest BCUT2D eigenvalue weighted by atomic mass is 16.1. The van der Waals surface area contributed by atoms with Crippen LogP contribution in [0.4, 0.5) is 0 Å². The van der Waals surface area contributed by atoms with Crippen molar-refractivity contribution >= 4 is 12.0 Å². The first-order valence-electron chi connectivity index (χ1n) is 3.03. The summed E-state index contributed by atoms with van der Waals surface area (Å²) in [7, 11) is 0. The normalized spacial score (nSPS) is 13.2. The zero-order chi connectivity index (χ0) is 8.39. The lowest BCUT2D eigenvalue weighted by Crippen LogP contribution is -2.39. The van der Waals surface area contributed by atoms with Gasteiger partial charge in [0.2, 0.25) is 5.49 Å². The lowest BCUT2D eigenvalue weighted by Gasteiger charge is -1.98. The monoisotopic (exact) mass is 162 g/mol. The van der Waals surface area contributed by atoms with E-state index < -0.39 is 0 Å². The predicted octanol–water partition coefficient (Wildman–Crippen LogP) is -3.10. The zero-order valence-corrected chi connectivity index (χ0v) is 5.72. The molecule has 7 nitrogen and oxygen atoms in total. The summed E-state index contributed by atoms with van der Waals surface area (Å²) in [5.41, 5.74) is 2.93. The minimum Gasteiger partial charge on any atom is -0.265 e. The summed E-state index contributed by atoms with van der Waals surface area (Å²) in [6.45, 7) is 0. The smallest absolute Gasteiger partial charge is 0.223 e. The molecule has 0 unspecified atom stereocenters. The van der Waals surface area contributed by atoms with Crippen molar-refractivity contribution in [2.75, 3.05) is 0 Å². The summed E-state index contributed by atoms with van der Waals surface area (Å²) in [5.74, 6) is 1.64. The number of rotatable bonds is 0. The van der Waals surface area contributed by atoms with E-state index in [1.54, 1.807) is 5.94 Å². The Kier molecular flexibility index (Phi) is 1.36. The molecule has 2 heterocycles. The van der Waals surface area contributed by atoms with Gasteiger partial charge in [-0.25, -0.2) is 4.79 Å². The van der Waals surface area contributed by atoms with Crippen molar-refractivity contribution in [1.29, 1.82) is 0 Å². The van der Waals surface area contributed by atoms with Crippen molar-refractivity contribution in [2.24, 2.45) is 5.10 Å². The summed E-state index contributed by atoms with van der Waals surface area (Å²) >= 11 is 0. The summed E-state index contributed by atoms with van der Waals surface area (Å²) < 4.78 is 0. The summed E-state index contributed by atoms with van der Waals surface area (Å²) in [6.07, 6.45) is 1.44. The van der Waals surface area contributed by atoms with Gasteiger partial charge in [-0.05, 0) is 10.4 Å². The molecule has 12 heavy (non-hydrogen) atoms.